The van der Waals surface area contributed by atoms with E-state index in [1.807, 2.05) is 0 Å². The van der Waals surface area contributed by atoms with Crippen LogP contribution in [0.15, 0.2) is 0 Å². The van der Waals surface area contributed by atoms with E-state index in [4.69, 9.17) is 5.73 Å². The number of nitrogens with zero attached hydrogens (tertiary/aromatic N) is 2. The van der Waals surface area contributed by atoms with Crippen LogP contribution in [0.2, 0.25) is 0 Å². The molecule has 0 unspecified atom stereocenters. The summed E-state index contributed by atoms with van der Waals surface area (Å²) in [6.07, 6.45) is 2.03. The highest BCUT2D eigenvalue weighted by Crippen LogP contribution is 2.13. The SMILES string of the molecule is CCCc1nnsc1N. The molecule has 0 spiro atoms. The summed E-state index contributed by atoms with van der Waals surface area (Å²) in [5.41, 5.74) is 6.47. The van der Waals surface area contributed by atoms with Crippen molar-refractivity contribution in [3.8, 4) is 0 Å². The smallest absolute Gasteiger partial charge is 0.130 e. The molecule has 0 atom stereocenters. The van der Waals surface area contributed by atoms with Crippen molar-refractivity contribution in [1.82, 2.24) is 9.59 Å². The summed E-state index contributed by atoms with van der Waals surface area (Å²) in [5, 5.41) is 4.61. The lowest BCUT2D eigenvalue weighted by Crippen LogP contribution is -1.89. The second-order valence-electron chi connectivity index (χ2n) is 1.83. The van der Waals surface area contributed by atoms with Crippen LogP contribution >= 0.6 is 11.5 Å². The second kappa shape index (κ2) is 2.77. The van der Waals surface area contributed by atoms with Gasteiger partial charge in [-0.25, -0.2) is 0 Å². The van der Waals surface area contributed by atoms with Crippen LogP contribution in [0, 0.1) is 0 Å². The Morgan fingerprint density at radius 2 is 2.44 bits per heavy atom. The van der Waals surface area contributed by atoms with Gasteiger partial charge in [0.1, 0.15) is 5.00 Å². The summed E-state index contributed by atoms with van der Waals surface area (Å²) >= 11 is 1.26. The lowest BCUT2D eigenvalue weighted by molar-refractivity contribution is 0.872. The van der Waals surface area contributed by atoms with Gasteiger partial charge in [0.15, 0.2) is 0 Å². The molecular weight excluding hydrogens is 134 g/mol. The lowest BCUT2D eigenvalue weighted by atomic mass is 10.3. The zero-order valence-electron chi connectivity index (χ0n) is 5.29. The summed E-state index contributed by atoms with van der Waals surface area (Å²) in [6.45, 7) is 2.10. The molecule has 50 valence electrons. The Morgan fingerprint density at radius 1 is 1.67 bits per heavy atom. The highest BCUT2D eigenvalue weighted by molar-refractivity contribution is 7.09. The van der Waals surface area contributed by atoms with E-state index in [1.54, 1.807) is 0 Å². The first kappa shape index (κ1) is 6.48. The first-order chi connectivity index (χ1) is 4.34. The van der Waals surface area contributed by atoms with Gasteiger partial charge >= 0.3 is 0 Å². The van der Waals surface area contributed by atoms with E-state index < -0.39 is 0 Å². The Kier molecular flexibility index (Phi) is 2.00. The molecule has 1 heterocycles. The highest BCUT2D eigenvalue weighted by Gasteiger charge is 2.00. The predicted molar refractivity (Wildman–Crippen MR) is 38.3 cm³/mol. The summed E-state index contributed by atoms with van der Waals surface area (Å²) in [4.78, 5) is 0. The van der Waals surface area contributed by atoms with E-state index in [1.165, 1.54) is 11.5 Å². The zero-order chi connectivity index (χ0) is 6.69. The minimum Gasteiger partial charge on any atom is -0.388 e. The molecule has 3 nitrogen and oxygen atoms in total. The summed E-state index contributed by atoms with van der Waals surface area (Å²) in [6, 6.07) is 0. The van der Waals surface area contributed by atoms with Crippen LogP contribution in [-0.2, 0) is 6.42 Å². The van der Waals surface area contributed by atoms with Gasteiger partial charge in [-0.3, -0.25) is 0 Å². The molecule has 4 heteroatoms. The second-order valence-corrected chi connectivity index (χ2v) is 2.62. The van der Waals surface area contributed by atoms with Gasteiger partial charge in [-0.05, 0) is 6.42 Å². The van der Waals surface area contributed by atoms with Crippen LogP contribution < -0.4 is 5.73 Å². The van der Waals surface area contributed by atoms with Crippen LogP contribution in [0.4, 0.5) is 5.00 Å². The van der Waals surface area contributed by atoms with Gasteiger partial charge in [0.25, 0.3) is 0 Å². The van der Waals surface area contributed by atoms with Crippen molar-refractivity contribution in [2.24, 2.45) is 0 Å². The molecule has 0 aliphatic carbocycles. The Hall–Kier alpha value is -0.640. The number of anilines is 1. The van der Waals surface area contributed by atoms with E-state index >= 15 is 0 Å². The van der Waals surface area contributed by atoms with Gasteiger partial charge in [-0.1, -0.05) is 17.8 Å². The molecule has 0 aromatic carbocycles. The minimum absolute atomic E-state index is 0.761. The molecule has 0 aliphatic rings. The van der Waals surface area contributed by atoms with Crippen LogP contribution in [0.1, 0.15) is 19.0 Å². The maximum atomic E-state index is 5.52. The maximum absolute atomic E-state index is 5.52. The largest absolute Gasteiger partial charge is 0.388 e. The number of hydrogen-bond acceptors (Lipinski definition) is 4. The molecule has 2 N–H and O–H groups in total. The Bertz CT molecular complexity index is 184. The number of hydrogen-bond donors (Lipinski definition) is 1. The molecular formula is C5H9N3S. The quantitative estimate of drug-likeness (QED) is 0.673. The van der Waals surface area contributed by atoms with E-state index in [0.29, 0.717) is 0 Å². The molecule has 0 amide bonds. The summed E-state index contributed by atoms with van der Waals surface area (Å²) in [5.74, 6) is 0. The Labute approximate surface area is 58.1 Å². The van der Waals surface area contributed by atoms with Crippen LogP contribution in [0.25, 0.3) is 0 Å². The van der Waals surface area contributed by atoms with Crippen molar-refractivity contribution in [2.75, 3.05) is 5.73 Å². The average Bonchev–Trinajstić information content (AvgIpc) is 2.18. The fraction of sp³-hybridized carbons (Fsp3) is 0.600. The third-order valence-electron chi connectivity index (χ3n) is 1.07. The van der Waals surface area contributed by atoms with Crippen molar-refractivity contribution >= 4 is 16.5 Å². The standard InChI is InChI=1S/C5H9N3S/c1-2-3-4-5(6)9-8-7-4/h2-3,6H2,1H3. The summed E-state index contributed by atoms with van der Waals surface area (Å²) in [7, 11) is 0. The van der Waals surface area contributed by atoms with Crippen LogP contribution in [0.5, 0.6) is 0 Å². The molecule has 0 bridgehead atoms. The number of nitrogens with two attached hydrogens (primary N) is 1. The van der Waals surface area contributed by atoms with E-state index in [2.05, 4.69) is 16.5 Å². The fourth-order valence-electron chi connectivity index (χ4n) is 0.626. The van der Waals surface area contributed by atoms with Gasteiger partial charge in [-0.15, -0.1) is 5.10 Å². The van der Waals surface area contributed by atoms with Gasteiger partial charge in [0, 0.05) is 11.5 Å². The predicted octanol–water partition coefficient (Wildman–Crippen LogP) is 1.07. The Morgan fingerprint density at radius 3 is 2.89 bits per heavy atom. The topological polar surface area (TPSA) is 51.8 Å². The van der Waals surface area contributed by atoms with Crippen molar-refractivity contribution in [3.05, 3.63) is 5.69 Å². The van der Waals surface area contributed by atoms with Crippen LogP contribution in [0.3, 0.4) is 0 Å². The van der Waals surface area contributed by atoms with E-state index in [0.717, 1.165) is 23.5 Å². The van der Waals surface area contributed by atoms with Crippen molar-refractivity contribution in [2.45, 2.75) is 19.8 Å². The third-order valence-corrected chi connectivity index (χ3v) is 1.67. The maximum Gasteiger partial charge on any atom is 0.130 e. The molecule has 9 heavy (non-hydrogen) atoms. The number of rotatable bonds is 2. The van der Waals surface area contributed by atoms with Crippen molar-refractivity contribution < 1.29 is 0 Å². The van der Waals surface area contributed by atoms with Crippen molar-refractivity contribution in [1.29, 1.82) is 0 Å². The first-order valence-corrected chi connectivity index (χ1v) is 3.68. The monoisotopic (exact) mass is 143 g/mol. The van der Waals surface area contributed by atoms with E-state index in [9.17, 15) is 0 Å². The van der Waals surface area contributed by atoms with Crippen LogP contribution in [-0.4, -0.2) is 9.59 Å². The molecule has 1 rings (SSSR count). The molecule has 1 aromatic rings. The molecule has 0 saturated carbocycles. The van der Waals surface area contributed by atoms with Crippen molar-refractivity contribution in [3.63, 3.8) is 0 Å². The third kappa shape index (κ3) is 1.38. The molecule has 0 aliphatic heterocycles. The highest BCUT2D eigenvalue weighted by atomic mass is 32.1. The zero-order valence-corrected chi connectivity index (χ0v) is 6.11. The first-order valence-electron chi connectivity index (χ1n) is 2.91. The molecule has 1 aromatic heterocycles. The summed E-state index contributed by atoms with van der Waals surface area (Å²) < 4.78 is 3.71. The molecule has 0 saturated heterocycles. The molecule has 0 fully saturated rings. The normalized spacial score (nSPS) is 9.89. The molecule has 0 radical (unpaired) electrons. The average molecular weight is 143 g/mol. The number of aromatic nitrogens is 2. The van der Waals surface area contributed by atoms with Gasteiger partial charge in [0.05, 0.1) is 5.69 Å². The van der Waals surface area contributed by atoms with E-state index in [-0.39, 0.29) is 0 Å². The van der Waals surface area contributed by atoms with Gasteiger partial charge in [0.2, 0.25) is 0 Å². The minimum atomic E-state index is 0.761. The lowest BCUT2D eigenvalue weighted by Gasteiger charge is -1.88. The van der Waals surface area contributed by atoms with Gasteiger partial charge in [-0.2, -0.15) is 0 Å². The Balaban J connectivity index is 2.69. The number of aryl methyl sites for hydroxylation is 1. The number of nitrogen functional groups attached to an aromatic ring is 1. The fourth-order valence-corrected chi connectivity index (χ4v) is 1.10. The van der Waals surface area contributed by atoms with Gasteiger partial charge < -0.3 is 5.73 Å².